The van der Waals surface area contributed by atoms with Crippen LogP contribution in [0.3, 0.4) is 0 Å². The van der Waals surface area contributed by atoms with E-state index in [0.717, 1.165) is 12.1 Å². The minimum Gasteiger partial charge on any atom is -0.378 e. The first-order chi connectivity index (χ1) is 11.2. The molecule has 1 aliphatic rings. The third-order valence-electron chi connectivity index (χ3n) is 3.66. The molecular formula is C16H19ClN4O2. The van der Waals surface area contributed by atoms with Crippen molar-refractivity contribution in [1.82, 2.24) is 15.1 Å². The van der Waals surface area contributed by atoms with Crippen LogP contribution in [0.1, 0.15) is 12.0 Å². The number of halogens is 1. The number of carbonyl (C=O) groups is 1. The van der Waals surface area contributed by atoms with E-state index in [1.54, 1.807) is 16.9 Å². The quantitative estimate of drug-likeness (QED) is 0.876. The van der Waals surface area contributed by atoms with Crippen LogP contribution in [0.2, 0.25) is 5.02 Å². The van der Waals surface area contributed by atoms with E-state index >= 15 is 0 Å². The van der Waals surface area contributed by atoms with Gasteiger partial charge in [0.15, 0.2) is 0 Å². The molecule has 1 aromatic heterocycles. The van der Waals surface area contributed by atoms with Gasteiger partial charge in [0.25, 0.3) is 0 Å². The Balaban J connectivity index is 1.59. The Bertz CT molecular complexity index is 650. The van der Waals surface area contributed by atoms with Gasteiger partial charge in [-0.2, -0.15) is 5.10 Å². The number of hydrogen-bond donors (Lipinski definition) is 2. The third-order valence-corrected chi connectivity index (χ3v) is 3.91. The molecule has 1 aliphatic heterocycles. The van der Waals surface area contributed by atoms with E-state index in [0.29, 0.717) is 37.0 Å². The second-order valence-electron chi connectivity index (χ2n) is 5.48. The molecule has 0 aliphatic carbocycles. The fourth-order valence-electron chi connectivity index (χ4n) is 2.50. The Hall–Kier alpha value is -1.89. The van der Waals surface area contributed by atoms with Crippen LogP contribution in [0.5, 0.6) is 0 Å². The molecule has 3 rings (SSSR count). The van der Waals surface area contributed by atoms with Gasteiger partial charge in [0.05, 0.1) is 26.0 Å². The second-order valence-corrected chi connectivity index (χ2v) is 5.92. The van der Waals surface area contributed by atoms with Crippen molar-refractivity contribution in [2.24, 2.45) is 0 Å². The summed E-state index contributed by atoms with van der Waals surface area (Å²) in [6, 6.07) is 9.42. The van der Waals surface area contributed by atoms with E-state index in [9.17, 15) is 4.79 Å². The zero-order chi connectivity index (χ0) is 16.1. The Morgan fingerprint density at radius 2 is 2.22 bits per heavy atom. The van der Waals surface area contributed by atoms with Crippen LogP contribution in [0, 0.1) is 0 Å². The highest BCUT2D eigenvalue weighted by Crippen LogP contribution is 2.14. The molecule has 0 radical (unpaired) electrons. The zero-order valence-electron chi connectivity index (χ0n) is 12.7. The highest BCUT2D eigenvalue weighted by Gasteiger charge is 2.17. The van der Waals surface area contributed by atoms with E-state index in [4.69, 9.17) is 16.3 Å². The largest absolute Gasteiger partial charge is 0.378 e. The molecule has 7 heteroatoms. The van der Waals surface area contributed by atoms with Crippen molar-refractivity contribution in [3.63, 3.8) is 0 Å². The number of rotatable bonds is 5. The maximum absolute atomic E-state index is 12.2. The highest BCUT2D eigenvalue weighted by molar-refractivity contribution is 6.30. The van der Waals surface area contributed by atoms with Gasteiger partial charge >= 0.3 is 0 Å². The van der Waals surface area contributed by atoms with E-state index in [-0.39, 0.29) is 11.9 Å². The molecule has 0 saturated carbocycles. The average molecular weight is 335 g/mol. The van der Waals surface area contributed by atoms with Crippen LogP contribution in [0.4, 0.5) is 5.82 Å². The number of benzene rings is 1. The predicted molar refractivity (Wildman–Crippen MR) is 88.6 cm³/mol. The Morgan fingerprint density at radius 3 is 2.96 bits per heavy atom. The molecule has 1 saturated heterocycles. The Morgan fingerprint density at radius 1 is 1.39 bits per heavy atom. The SMILES string of the molecule is O=C(CC1COCCN1)Nc1ccnn1Cc1ccc(Cl)cc1. The molecule has 1 fully saturated rings. The zero-order valence-corrected chi connectivity index (χ0v) is 13.4. The monoisotopic (exact) mass is 334 g/mol. The number of carbonyl (C=O) groups excluding carboxylic acids is 1. The molecule has 2 heterocycles. The van der Waals surface area contributed by atoms with Crippen LogP contribution in [0.15, 0.2) is 36.5 Å². The summed E-state index contributed by atoms with van der Waals surface area (Å²) >= 11 is 5.89. The number of anilines is 1. The average Bonchev–Trinajstić information content (AvgIpc) is 2.97. The molecule has 6 nitrogen and oxygen atoms in total. The summed E-state index contributed by atoms with van der Waals surface area (Å²) in [7, 11) is 0. The lowest BCUT2D eigenvalue weighted by Gasteiger charge is -2.23. The molecule has 2 N–H and O–H groups in total. The number of aromatic nitrogens is 2. The van der Waals surface area contributed by atoms with Gasteiger partial charge in [-0.15, -0.1) is 0 Å². The molecule has 0 bridgehead atoms. The molecular weight excluding hydrogens is 316 g/mol. The van der Waals surface area contributed by atoms with E-state index < -0.39 is 0 Å². The number of nitrogens with zero attached hydrogens (tertiary/aromatic N) is 2. The fraction of sp³-hybridized carbons (Fsp3) is 0.375. The summed E-state index contributed by atoms with van der Waals surface area (Å²) in [5.41, 5.74) is 1.07. The molecule has 1 amide bonds. The molecule has 1 atom stereocenters. The van der Waals surface area contributed by atoms with Gasteiger partial charge in [-0.3, -0.25) is 4.79 Å². The molecule has 1 unspecified atom stereocenters. The van der Waals surface area contributed by atoms with Crippen molar-refractivity contribution in [2.75, 3.05) is 25.1 Å². The number of nitrogens with one attached hydrogen (secondary N) is 2. The first kappa shape index (κ1) is 16.0. The van der Waals surface area contributed by atoms with Crippen LogP contribution >= 0.6 is 11.6 Å². The van der Waals surface area contributed by atoms with Gasteiger partial charge in [0, 0.05) is 30.1 Å². The molecule has 2 aromatic rings. The van der Waals surface area contributed by atoms with Gasteiger partial charge in [0.2, 0.25) is 5.91 Å². The van der Waals surface area contributed by atoms with Crippen molar-refractivity contribution in [1.29, 1.82) is 0 Å². The summed E-state index contributed by atoms with van der Waals surface area (Å²) < 4.78 is 7.12. The third kappa shape index (κ3) is 4.54. The number of amides is 1. The lowest BCUT2D eigenvalue weighted by Crippen LogP contribution is -2.43. The van der Waals surface area contributed by atoms with Crippen molar-refractivity contribution in [3.05, 3.63) is 47.1 Å². The summed E-state index contributed by atoms with van der Waals surface area (Å²) in [4.78, 5) is 12.2. The van der Waals surface area contributed by atoms with E-state index in [1.807, 2.05) is 24.3 Å². The van der Waals surface area contributed by atoms with Gasteiger partial charge in [-0.25, -0.2) is 4.68 Å². The van der Waals surface area contributed by atoms with Crippen molar-refractivity contribution in [2.45, 2.75) is 19.0 Å². The standard InChI is InChI=1S/C16H19ClN4O2/c17-13-3-1-12(2-4-13)10-21-15(5-6-19-21)20-16(22)9-14-11-23-8-7-18-14/h1-6,14,18H,7-11H2,(H,20,22). The molecule has 122 valence electrons. The molecule has 23 heavy (non-hydrogen) atoms. The first-order valence-corrected chi connectivity index (χ1v) is 7.96. The van der Waals surface area contributed by atoms with Crippen LogP contribution in [-0.2, 0) is 16.1 Å². The van der Waals surface area contributed by atoms with E-state index in [1.165, 1.54) is 0 Å². The van der Waals surface area contributed by atoms with Gasteiger partial charge in [-0.1, -0.05) is 23.7 Å². The lowest BCUT2D eigenvalue weighted by atomic mass is 10.2. The second kappa shape index (κ2) is 7.59. The van der Waals surface area contributed by atoms with Crippen LogP contribution in [-0.4, -0.2) is 41.5 Å². The Kier molecular flexibility index (Phi) is 5.27. The number of morpholine rings is 1. The Labute approximate surface area is 139 Å². The van der Waals surface area contributed by atoms with Gasteiger partial charge in [0.1, 0.15) is 5.82 Å². The van der Waals surface area contributed by atoms with Crippen LogP contribution < -0.4 is 10.6 Å². The van der Waals surface area contributed by atoms with Crippen molar-refractivity contribution < 1.29 is 9.53 Å². The minimum atomic E-state index is -0.0501. The minimum absolute atomic E-state index is 0.0501. The number of ether oxygens (including phenoxy) is 1. The summed E-state index contributed by atoms with van der Waals surface area (Å²) in [5.74, 6) is 0.632. The predicted octanol–water partition coefficient (Wildman–Crippen LogP) is 1.90. The normalized spacial score (nSPS) is 17.9. The molecule has 0 spiro atoms. The van der Waals surface area contributed by atoms with Gasteiger partial charge < -0.3 is 15.4 Å². The topological polar surface area (TPSA) is 68.2 Å². The van der Waals surface area contributed by atoms with Gasteiger partial charge in [-0.05, 0) is 17.7 Å². The van der Waals surface area contributed by atoms with E-state index in [2.05, 4.69) is 15.7 Å². The summed E-state index contributed by atoms with van der Waals surface area (Å²) in [5, 5.41) is 11.1. The van der Waals surface area contributed by atoms with Crippen LogP contribution in [0.25, 0.3) is 0 Å². The summed E-state index contributed by atoms with van der Waals surface area (Å²) in [6.07, 6.45) is 2.06. The van der Waals surface area contributed by atoms with Crippen molar-refractivity contribution >= 4 is 23.3 Å². The summed E-state index contributed by atoms with van der Waals surface area (Å²) in [6.45, 7) is 2.63. The first-order valence-electron chi connectivity index (χ1n) is 7.58. The highest BCUT2D eigenvalue weighted by atomic mass is 35.5. The van der Waals surface area contributed by atoms with Crippen molar-refractivity contribution in [3.8, 4) is 0 Å². The number of hydrogen-bond acceptors (Lipinski definition) is 4. The maximum Gasteiger partial charge on any atom is 0.227 e. The smallest absolute Gasteiger partial charge is 0.227 e. The fourth-order valence-corrected chi connectivity index (χ4v) is 2.62. The maximum atomic E-state index is 12.2. The lowest BCUT2D eigenvalue weighted by molar-refractivity contribution is -0.117. The molecule has 1 aromatic carbocycles.